The lowest BCUT2D eigenvalue weighted by Gasteiger charge is -2.50. The van der Waals surface area contributed by atoms with E-state index in [0.29, 0.717) is 12.5 Å². The van der Waals surface area contributed by atoms with Crippen molar-refractivity contribution < 1.29 is 9.47 Å². The molecule has 0 unspecified atom stereocenters. The molecule has 3 aromatic heterocycles. The van der Waals surface area contributed by atoms with E-state index in [2.05, 4.69) is 25.2 Å². The van der Waals surface area contributed by atoms with Gasteiger partial charge in [-0.25, -0.2) is 0 Å². The zero-order chi connectivity index (χ0) is 18.1. The van der Waals surface area contributed by atoms with E-state index in [9.17, 15) is 0 Å². The maximum Gasteiger partial charge on any atom is 0.177 e. The van der Waals surface area contributed by atoms with Crippen LogP contribution < -0.4 is 4.90 Å². The van der Waals surface area contributed by atoms with Gasteiger partial charge in [0.05, 0.1) is 19.7 Å². The van der Waals surface area contributed by atoms with Gasteiger partial charge in [0.15, 0.2) is 5.65 Å². The molecule has 0 aliphatic carbocycles. The fourth-order valence-electron chi connectivity index (χ4n) is 4.09. The van der Waals surface area contributed by atoms with Gasteiger partial charge >= 0.3 is 0 Å². The second-order valence-electron chi connectivity index (χ2n) is 7.28. The molecule has 2 aliphatic heterocycles. The largest absolute Gasteiger partial charge is 0.377 e. The van der Waals surface area contributed by atoms with Gasteiger partial charge in [0, 0.05) is 25.6 Å². The van der Waals surface area contributed by atoms with Crippen LogP contribution in [-0.2, 0) is 16.1 Å². The van der Waals surface area contributed by atoms with Gasteiger partial charge in [0.2, 0.25) is 0 Å². The van der Waals surface area contributed by atoms with Crippen LogP contribution in [0.1, 0.15) is 18.4 Å². The number of hydrogen-bond acceptors (Lipinski definition) is 7. The lowest BCUT2D eigenvalue weighted by Crippen LogP contribution is -2.65. The number of ether oxygens (including phenoxy) is 2. The van der Waals surface area contributed by atoms with E-state index in [1.54, 1.807) is 17.0 Å². The third-order valence-electron chi connectivity index (χ3n) is 5.59. The van der Waals surface area contributed by atoms with E-state index in [4.69, 9.17) is 9.47 Å². The van der Waals surface area contributed by atoms with E-state index < -0.39 is 0 Å². The van der Waals surface area contributed by atoms with Crippen LogP contribution in [0.5, 0.6) is 0 Å². The average molecular weight is 366 g/mol. The molecule has 0 N–H and O–H groups in total. The van der Waals surface area contributed by atoms with Crippen molar-refractivity contribution in [2.45, 2.75) is 25.0 Å². The van der Waals surface area contributed by atoms with Gasteiger partial charge in [0.1, 0.15) is 17.7 Å². The first-order valence-electron chi connectivity index (χ1n) is 9.35. The lowest BCUT2D eigenvalue weighted by atomic mass is 9.79. The van der Waals surface area contributed by atoms with Crippen LogP contribution in [0, 0.1) is 5.92 Å². The van der Waals surface area contributed by atoms with Crippen molar-refractivity contribution >= 4 is 11.5 Å². The van der Waals surface area contributed by atoms with Crippen molar-refractivity contribution in [1.82, 2.24) is 24.8 Å². The monoisotopic (exact) mass is 366 g/mol. The van der Waals surface area contributed by atoms with E-state index in [0.717, 1.165) is 56.2 Å². The number of hydrogen-bond donors (Lipinski definition) is 0. The lowest BCUT2D eigenvalue weighted by molar-refractivity contribution is -0.0512. The number of nitrogens with zero attached hydrogens (tertiary/aromatic N) is 6. The molecule has 8 nitrogen and oxygen atoms in total. The molecule has 27 heavy (non-hydrogen) atoms. The van der Waals surface area contributed by atoms with Crippen LogP contribution in [0.25, 0.3) is 5.65 Å². The summed E-state index contributed by atoms with van der Waals surface area (Å²) in [6, 6.07) is 7.92. The maximum atomic E-state index is 6.16. The maximum absolute atomic E-state index is 6.16. The quantitative estimate of drug-likeness (QED) is 0.615. The normalized spacial score (nSPS) is 21.0. The van der Waals surface area contributed by atoms with Gasteiger partial charge in [0.25, 0.3) is 0 Å². The van der Waals surface area contributed by atoms with Gasteiger partial charge in [-0.3, -0.25) is 4.98 Å². The summed E-state index contributed by atoms with van der Waals surface area (Å²) in [5.41, 5.74) is 1.82. The summed E-state index contributed by atoms with van der Waals surface area (Å²) in [6.07, 6.45) is 7.38. The molecular formula is C19H22N6O2. The van der Waals surface area contributed by atoms with E-state index >= 15 is 0 Å². The van der Waals surface area contributed by atoms with Crippen molar-refractivity contribution in [2.75, 3.05) is 31.2 Å². The fraction of sp³-hybridized carbons (Fsp3) is 0.474. The molecule has 3 aromatic rings. The minimum atomic E-state index is -0.0541. The topological polar surface area (TPSA) is 77.7 Å². The Morgan fingerprint density at radius 3 is 3.11 bits per heavy atom. The standard InChI is InChI=1S/C19H22N6O2/c1-2-15(10-20-7-1)11-26-8-5-16-6-9-27-19(16)12-24(13-19)18-4-3-17-22-21-14-25(17)23-18/h1-4,7,10,14,16H,5-6,8-9,11-13H2/t16-/m0/s1. The molecule has 1 spiro atoms. The minimum Gasteiger partial charge on any atom is -0.377 e. The first kappa shape index (κ1) is 16.6. The highest BCUT2D eigenvalue weighted by Crippen LogP contribution is 2.42. The van der Waals surface area contributed by atoms with E-state index in [1.807, 2.05) is 30.5 Å². The number of pyridine rings is 1. The molecule has 2 fully saturated rings. The summed E-state index contributed by atoms with van der Waals surface area (Å²) in [6.45, 7) is 3.94. The predicted octanol–water partition coefficient (Wildman–Crippen LogP) is 1.72. The summed E-state index contributed by atoms with van der Waals surface area (Å²) in [4.78, 5) is 6.38. The van der Waals surface area contributed by atoms with Crippen molar-refractivity contribution in [3.63, 3.8) is 0 Å². The minimum absolute atomic E-state index is 0.0541. The highest BCUT2D eigenvalue weighted by atomic mass is 16.5. The van der Waals surface area contributed by atoms with Crippen molar-refractivity contribution in [1.29, 1.82) is 0 Å². The van der Waals surface area contributed by atoms with E-state index in [1.165, 1.54) is 0 Å². The second-order valence-corrected chi connectivity index (χ2v) is 7.28. The number of rotatable bonds is 6. The van der Waals surface area contributed by atoms with Gasteiger partial charge < -0.3 is 14.4 Å². The zero-order valence-electron chi connectivity index (χ0n) is 15.1. The van der Waals surface area contributed by atoms with E-state index in [-0.39, 0.29) is 5.60 Å². The molecule has 0 radical (unpaired) electrons. The number of anilines is 1. The molecule has 0 saturated carbocycles. The molecule has 5 rings (SSSR count). The van der Waals surface area contributed by atoms with Crippen LogP contribution in [0.15, 0.2) is 43.0 Å². The SMILES string of the molecule is c1cncc(COCC[C@H]2CCOC23CN(c2ccc4nncn4n2)C3)c1. The number of aromatic nitrogens is 5. The second kappa shape index (κ2) is 6.86. The third-order valence-corrected chi connectivity index (χ3v) is 5.59. The molecular weight excluding hydrogens is 344 g/mol. The van der Waals surface area contributed by atoms with Crippen molar-refractivity contribution in [3.8, 4) is 0 Å². The van der Waals surface area contributed by atoms with Gasteiger partial charge in [-0.1, -0.05) is 6.07 Å². The Kier molecular flexibility index (Phi) is 4.21. The van der Waals surface area contributed by atoms with Gasteiger partial charge in [-0.05, 0) is 42.5 Å². The summed E-state index contributed by atoms with van der Waals surface area (Å²) in [7, 11) is 0. The Labute approximate surface area is 157 Å². The fourth-order valence-corrected chi connectivity index (χ4v) is 4.09. The Balaban J connectivity index is 1.16. The van der Waals surface area contributed by atoms with Crippen LogP contribution >= 0.6 is 0 Å². The molecule has 140 valence electrons. The Morgan fingerprint density at radius 1 is 1.26 bits per heavy atom. The smallest absolute Gasteiger partial charge is 0.177 e. The highest BCUT2D eigenvalue weighted by Gasteiger charge is 2.53. The van der Waals surface area contributed by atoms with Crippen LogP contribution in [0.4, 0.5) is 5.82 Å². The average Bonchev–Trinajstić information content (AvgIpc) is 3.31. The summed E-state index contributed by atoms with van der Waals surface area (Å²) in [5.74, 6) is 1.47. The third kappa shape index (κ3) is 3.15. The number of fused-ring (bicyclic) bond motifs is 1. The molecule has 2 aliphatic rings. The van der Waals surface area contributed by atoms with Crippen LogP contribution in [-0.4, -0.2) is 56.7 Å². The van der Waals surface area contributed by atoms with Crippen LogP contribution in [0.3, 0.4) is 0 Å². The predicted molar refractivity (Wildman–Crippen MR) is 98.3 cm³/mol. The molecule has 5 heterocycles. The molecule has 0 bridgehead atoms. The first-order chi connectivity index (χ1) is 13.3. The van der Waals surface area contributed by atoms with Crippen molar-refractivity contribution in [2.24, 2.45) is 5.92 Å². The van der Waals surface area contributed by atoms with Crippen molar-refractivity contribution in [3.05, 3.63) is 48.5 Å². The zero-order valence-corrected chi connectivity index (χ0v) is 15.1. The molecule has 0 amide bonds. The Morgan fingerprint density at radius 2 is 2.22 bits per heavy atom. The molecule has 1 atom stereocenters. The van der Waals surface area contributed by atoms with Gasteiger partial charge in [-0.15, -0.1) is 15.3 Å². The first-order valence-corrected chi connectivity index (χ1v) is 9.35. The summed E-state index contributed by atoms with van der Waals surface area (Å²) >= 11 is 0. The highest BCUT2D eigenvalue weighted by molar-refractivity contribution is 5.48. The summed E-state index contributed by atoms with van der Waals surface area (Å²) in [5, 5.41) is 12.5. The Hall–Kier alpha value is -2.58. The van der Waals surface area contributed by atoms with Crippen LogP contribution in [0.2, 0.25) is 0 Å². The summed E-state index contributed by atoms with van der Waals surface area (Å²) < 4.78 is 13.7. The molecule has 8 heteroatoms. The van der Waals surface area contributed by atoms with Gasteiger partial charge in [-0.2, -0.15) is 4.52 Å². The molecule has 2 saturated heterocycles. The Bertz CT molecular complexity index is 909. The molecule has 0 aromatic carbocycles.